The molecule has 0 N–H and O–H groups in total. The first-order chi connectivity index (χ1) is 14.2. The van der Waals surface area contributed by atoms with Crippen molar-refractivity contribution >= 4 is 5.91 Å². The van der Waals surface area contributed by atoms with Crippen LogP contribution < -0.4 is 9.47 Å². The lowest BCUT2D eigenvalue weighted by Gasteiger charge is -2.17. The Morgan fingerprint density at radius 1 is 1.10 bits per heavy atom. The van der Waals surface area contributed by atoms with Gasteiger partial charge in [0.25, 0.3) is 5.91 Å². The van der Waals surface area contributed by atoms with E-state index < -0.39 is 0 Å². The van der Waals surface area contributed by atoms with Gasteiger partial charge in [-0.15, -0.1) is 0 Å². The molecule has 148 valence electrons. The number of amides is 1. The molecule has 0 atom stereocenters. The number of hydrogen-bond acceptors (Lipinski definition) is 5. The van der Waals surface area contributed by atoms with Gasteiger partial charge in [0.1, 0.15) is 17.3 Å². The van der Waals surface area contributed by atoms with E-state index in [0.29, 0.717) is 37.4 Å². The molecule has 3 aromatic rings. The molecule has 1 amide bonds. The van der Waals surface area contributed by atoms with Crippen LogP contribution in [0.1, 0.15) is 39.9 Å². The molecule has 2 heterocycles. The highest BCUT2D eigenvalue weighted by Gasteiger charge is 2.27. The van der Waals surface area contributed by atoms with Gasteiger partial charge in [-0.25, -0.2) is 9.97 Å². The van der Waals surface area contributed by atoms with Gasteiger partial charge in [0.15, 0.2) is 0 Å². The highest BCUT2D eigenvalue weighted by atomic mass is 16.5. The quantitative estimate of drug-likeness (QED) is 0.644. The van der Waals surface area contributed by atoms with Crippen LogP contribution in [0.25, 0.3) is 0 Å². The number of para-hydroxylation sites is 1. The summed E-state index contributed by atoms with van der Waals surface area (Å²) in [6, 6.07) is 15.2. The molecule has 0 saturated carbocycles. The van der Waals surface area contributed by atoms with E-state index in [4.69, 9.17) is 14.5 Å². The molecule has 1 aromatic heterocycles. The molecule has 2 aromatic carbocycles. The van der Waals surface area contributed by atoms with Gasteiger partial charge in [0.05, 0.1) is 31.5 Å². The van der Waals surface area contributed by atoms with Crippen LogP contribution in [-0.4, -0.2) is 34.5 Å². The number of aromatic nitrogens is 2. The summed E-state index contributed by atoms with van der Waals surface area (Å²) in [4.78, 5) is 24.0. The van der Waals surface area contributed by atoms with Gasteiger partial charge in [-0.2, -0.15) is 0 Å². The van der Waals surface area contributed by atoms with Crippen LogP contribution in [0.3, 0.4) is 0 Å². The molecule has 0 unspecified atom stereocenters. The number of fused-ring (bicyclic) bond motifs is 1. The first-order valence-corrected chi connectivity index (χ1v) is 9.65. The lowest BCUT2D eigenvalue weighted by atomic mass is 10.1. The maximum Gasteiger partial charge on any atom is 0.258 e. The summed E-state index contributed by atoms with van der Waals surface area (Å²) in [5, 5.41) is 0. The first kappa shape index (κ1) is 18.9. The van der Waals surface area contributed by atoms with Crippen molar-refractivity contribution in [2.24, 2.45) is 0 Å². The highest BCUT2D eigenvalue weighted by Crippen LogP contribution is 2.26. The molecule has 4 rings (SSSR count). The molecule has 1 aliphatic rings. The molecule has 6 heteroatoms. The normalized spacial score (nSPS) is 12.6. The van der Waals surface area contributed by atoms with E-state index in [1.807, 2.05) is 55.6 Å². The van der Waals surface area contributed by atoms with Crippen molar-refractivity contribution in [1.29, 1.82) is 0 Å². The fraction of sp³-hybridized carbons (Fsp3) is 0.261. The zero-order valence-electron chi connectivity index (χ0n) is 16.6. The van der Waals surface area contributed by atoms with Gasteiger partial charge in [-0.05, 0) is 36.8 Å². The third-order valence-electron chi connectivity index (χ3n) is 4.93. The largest absolute Gasteiger partial charge is 0.497 e. The third kappa shape index (κ3) is 4.06. The molecule has 29 heavy (non-hydrogen) atoms. The zero-order chi connectivity index (χ0) is 20.2. The molecule has 0 radical (unpaired) electrons. The SMILES string of the molecule is CCOc1ccccc1C(=O)N1Cc2cnc(Cc3ccc(OC)cc3)nc2C1. The van der Waals surface area contributed by atoms with Crippen LogP contribution in [0.4, 0.5) is 0 Å². The molecular weight excluding hydrogens is 366 g/mol. The van der Waals surface area contributed by atoms with Crippen molar-refractivity contribution in [3.05, 3.63) is 82.9 Å². The van der Waals surface area contributed by atoms with E-state index >= 15 is 0 Å². The summed E-state index contributed by atoms with van der Waals surface area (Å²) in [7, 11) is 1.65. The number of benzene rings is 2. The Morgan fingerprint density at radius 3 is 2.66 bits per heavy atom. The van der Waals surface area contributed by atoms with E-state index in [-0.39, 0.29) is 5.91 Å². The lowest BCUT2D eigenvalue weighted by Crippen LogP contribution is -2.26. The van der Waals surface area contributed by atoms with Gasteiger partial charge in [-0.3, -0.25) is 4.79 Å². The number of nitrogens with zero attached hydrogens (tertiary/aromatic N) is 3. The van der Waals surface area contributed by atoms with E-state index in [0.717, 1.165) is 28.4 Å². The molecule has 0 spiro atoms. The summed E-state index contributed by atoms with van der Waals surface area (Å²) >= 11 is 0. The standard InChI is InChI=1S/C23H23N3O3/c1-3-29-21-7-5-4-6-19(21)23(27)26-14-17-13-24-22(25-20(17)15-26)12-16-8-10-18(28-2)11-9-16/h4-11,13H,3,12,14-15H2,1-2H3. The van der Waals surface area contributed by atoms with Crippen LogP contribution in [-0.2, 0) is 19.5 Å². The number of carbonyl (C=O) groups is 1. The smallest absolute Gasteiger partial charge is 0.258 e. The maximum absolute atomic E-state index is 13.0. The average molecular weight is 389 g/mol. The monoisotopic (exact) mass is 389 g/mol. The zero-order valence-corrected chi connectivity index (χ0v) is 16.6. The number of carbonyl (C=O) groups excluding carboxylic acids is 1. The number of hydrogen-bond donors (Lipinski definition) is 0. The molecule has 0 fully saturated rings. The topological polar surface area (TPSA) is 64.5 Å². The molecule has 0 saturated heterocycles. The second-order valence-electron chi connectivity index (χ2n) is 6.87. The number of ether oxygens (including phenoxy) is 2. The van der Waals surface area contributed by atoms with E-state index in [1.165, 1.54) is 0 Å². The Hall–Kier alpha value is -3.41. The number of methoxy groups -OCH3 is 1. The van der Waals surface area contributed by atoms with Crippen molar-refractivity contribution in [2.45, 2.75) is 26.4 Å². The van der Waals surface area contributed by atoms with Crippen molar-refractivity contribution in [2.75, 3.05) is 13.7 Å². The van der Waals surface area contributed by atoms with Gasteiger partial charge in [-0.1, -0.05) is 24.3 Å². The van der Waals surface area contributed by atoms with Gasteiger partial charge in [0, 0.05) is 24.7 Å². The maximum atomic E-state index is 13.0. The van der Waals surface area contributed by atoms with E-state index in [9.17, 15) is 4.79 Å². The van der Waals surface area contributed by atoms with Gasteiger partial charge >= 0.3 is 0 Å². The summed E-state index contributed by atoms with van der Waals surface area (Å²) < 4.78 is 10.8. The van der Waals surface area contributed by atoms with Crippen LogP contribution in [0.2, 0.25) is 0 Å². The fourth-order valence-electron chi connectivity index (χ4n) is 3.44. The van der Waals surface area contributed by atoms with Crippen molar-refractivity contribution in [3.8, 4) is 11.5 Å². The van der Waals surface area contributed by atoms with Crippen LogP contribution in [0, 0.1) is 0 Å². The molecule has 0 bridgehead atoms. The van der Waals surface area contributed by atoms with E-state index in [1.54, 1.807) is 18.1 Å². The Morgan fingerprint density at radius 2 is 1.90 bits per heavy atom. The minimum absolute atomic E-state index is 0.0521. The van der Waals surface area contributed by atoms with Crippen LogP contribution in [0.15, 0.2) is 54.7 Å². The Kier molecular flexibility index (Phi) is 5.42. The molecular formula is C23H23N3O3. The van der Waals surface area contributed by atoms with Gasteiger partial charge in [0.2, 0.25) is 0 Å². The summed E-state index contributed by atoms with van der Waals surface area (Å²) in [5.74, 6) is 2.13. The minimum atomic E-state index is -0.0521. The number of rotatable bonds is 6. The average Bonchev–Trinajstić information content (AvgIpc) is 3.18. The van der Waals surface area contributed by atoms with Crippen molar-refractivity contribution < 1.29 is 14.3 Å². The van der Waals surface area contributed by atoms with Crippen LogP contribution >= 0.6 is 0 Å². The highest BCUT2D eigenvalue weighted by molar-refractivity contribution is 5.97. The summed E-state index contributed by atoms with van der Waals surface area (Å²) in [5.41, 5.74) is 3.59. The molecule has 6 nitrogen and oxygen atoms in total. The van der Waals surface area contributed by atoms with Crippen molar-refractivity contribution in [1.82, 2.24) is 14.9 Å². The second kappa shape index (κ2) is 8.31. The molecule has 0 aliphatic carbocycles. The Bertz CT molecular complexity index is 1020. The Labute approximate surface area is 170 Å². The van der Waals surface area contributed by atoms with Gasteiger partial charge < -0.3 is 14.4 Å². The summed E-state index contributed by atoms with van der Waals surface area (Å²) in [6.45, 7) is 3.42. The third-order valence-corrected chi connectivity index (χ3v) is 4.93. The first-order valence-electron chi connectivity index (χ1n) is 9.65. The second-order valence-corrected chi connectivity index (χ2v) is 6.87. The molecule has 1 aliphatic heterocycles. The lowest BCUT2D eigenvalue weighted by molar-refractivity contribution is 0.0746. The summed E-state index contributed by atoms with van der Waals surface area (Å²) in [6.07, 6.45) is 2.47. The predicted molar refractivity (Wildman–Crippen MR) is 109 cm³/mol. The Balaban J connectivity index is 1.49. The fourth-order valence-corrected chi connectivity index (χ4v) is 3.44. The van der Waals surface area contributed by atoms with Crippen LogP contribution in [0.5, 0.6) is 11.5 Å². The predicted octanol–water partition coefficient (Wildman–Crippen LogP) is 3.63. The van der Waals surface area contributed by atoms with Crippen molar-refractivity contribution in [3.63, 3.8) is 0 Å². The minimum Gasteiger partial charge on any atom is -0.497 e. The van der Waals surface area contributed by atoms with E-state index in [2.05, 4.69) is 4.98 Å².